The van der Waals surface area contributed by atoms with Crippen molar-refractivity contribution < 1.29 is 19.4 Å². The Morgan fingerprint density at radius 1 is 0.907 bits per heavy atom. The van der Waals surface area contributed by atoms with Crippen LogP contribution in [-0.4, -0.2) is 31.6 Å². The molecule has 0 unspecified atom stereocenters. The SMILES string of the molecule is C[C@H]1[C@@H](CSc2ccccn2)O[C@@H](c2cccc(-c3cccc(CNC(=O)C(Cl)(Cl)Cl)c3)c2)O[C@H]1c1ccc(CO)cc1. The first-order valence-electron chi connectivity index (χ1n) is 13.8. The minimum Gasteiger partial charge on any atom is -0.392 e. The van der Waals surface area contributed by atoms with Gasteiger partial charge in [-0.2, -0.15) is 0 Å². The molecule has 1 amide bonds. The Morgan fingerprint density at radius 3 is 2.35 bits per heavy atom. The maximum atomic E-state index is 12.0. The molecule has 0 radical (unpaired) electrons. The van der Waals surface area contributed by atoms with Gasteiger partial charge >= 0.3 is 0 Å². The number of aliphatic hydroxyl groups excluding tert-OH is 1. The van der Waals surface area contributed by atoms with Gasteiger partial charge in [0.25, 0.3) is 9.70 Å². The molecule has 1 aliphatic rings. The quantitative estimate of drug-likeness (QED) is 0.141. The Morgan fingerprint density at radius 2 is 1.65 bits per heavy atom. The van der Waals surface area contributed by atoms with Crippen molar-refractivity contribution in [2.75, 3.05) is 5.75 Å². The highest BCUT2D eigenvalue weighted by molar-refractivity contribution is 7.99. The first kappa shape index (κ1) is 31.8. The van der Waals surface area contributed by atoms with Crippen molar-refractivity contribution in [2.45, 2.75) is 47.4 Å². The fourth-order valence-corrected chi connectivity index (χ4v) is 6.15. The van der Waals surface area contributed by atoms with Gasteiger partial charge in [-0.3, -0.25) is 4.79 Å². The summed E-state index contributed by atoms with van der Waals surface area (Å²) in [6, 6.07) is 29.6. The van der Waals surface area contributed by atoms with E-state index in [4.69, 9.17) is 44.3 Å². The average molecular weight is 658 g/mol. The molecule has 4 aromatic rings. The van der Waals surface area contributed by atoms with Crippen LogP contribution in [-0.2, 0) is 27.4 Å². The number of ether oxygens (including phenoxy) is 2. The van der Waals surface area contributed by atoms with Crippen LogP contribution in [0.1, 0.15) is 41.6 Å². The number of benzene rings is 3. The molecule has 0 aliphatic carbocycles. The van der Waals surface area contributed by atoms with Crippen LogP contribution in [0.4, 0.5) is 0 Å². The Labute approximate surface area is 270 Å². The van der Waals surface area contributed by atoms with E-state index < -0.39 is 16.0 Å². The predicted molar refractivity (Wildman–Crippen MR) is 172 cm³/mol. The Balaban J connectivity index is 1.38. The highest BCUT2D eigenvalue weighted by atomic mass is 35.6. The summed E-state index contributed by atoms with van der Waals surface area (Å²) in [7, 11) is 0. The molecule has 43 heavy (non-hydrogen) atoms. The molecule has 0 bridgehead atoms. The highest BCUT2D eigenvalue weighted by Gasteiger charge is 2.38. The minimum absolute atomic E-state index is 0.0102. The highest BCUT2D eigenvalue weighted by Crippen LogP contribution is 2.43. The van der Waals surface area contributed by atoms with Crippen molar-refractivity contribution in [1.82, 2.24) is 10.3 Å². The van der Waals surface area contributed by atoms with Gasteiger partial charge in [0.15, 0.2) is 6.29 Å². The number of halogens is 3. The van der Waals surface area contributed by atoms with E-state index in [-0.39, 0.29) is 31.3 Å². The van der Waals surface area contributed by atoms with Crippen LogP contribution in [0.2, 0.25) is 0 Å². The normalized spacial score (nSPS) is 20.5. The Hall–Kier alpha value is -2.62. The van der Waals surface area contributed by atoms with Gasteiger partial charge in [0.05, 0.1) is 23.8 Å². The van der Waals surface area contributed by atoms with Crippen LogP contribution in [0.3, 0.4) is 0 Å². The Bertz CT molecular complexity index is 1520. The summed E-state index contributed by atoms with van der Waals surface area (Å²) in [5, 5.41) is 13.1. The summed E-state index contributed by atoms with van der Waals surface area (Å²) < 4.78 is 11.2. The number of pyridine rings is 1. The number of aromatic nitrogens is 1. The van der Waals surface area contributed by atoms with Crippen LogP contribution in [0.15, 0.2) is 102 Å². The summed E-state index contributed by atoms with van der Waals surface area (Å²) in [5.74, 6) is 0.0996. The predicted octanol–water partition coefficient (Wildman–Crippen LogP) is 7.81. The molecule has 224 valence electrons. The first-order valence-corrected chi connectivity index (χ1v) is 15.9. The van der Waals surface area contributed by atoms with Gasteiger partial charge in [0, 0.05) is 30.0 Å². The number of nitrogens with one attached hydrogen (secondary N) is 1. The third-order valence-electron chi connectivity index (χ3n) is 7.29. The zero-order valence-corrected chi connectivity index (χ0v) is 26.4. The molecule has 1 aromatic heterocycles. The molecular formula is C33H31Cl3N2O4S. The number of hydrogen-bond acceptors (Lipinski definition) is 6. The van der Waals surface area contributed by atoms with Crippen molar-refractivity contribution >= 4 is 52.5 Å². The lowest BCUT2D eigenvalue weighted by atomic mass is 9.91. The van der Waals surface area contributed by atoms with E-state index in [2.05, 4.69) is 23.3 Å². The molecule has 4 atom stereocenters. The number of rotatable bonds is 9. The molecule has 10 heteroatoms. The summed E-state index contributed by atoms with van der Waals surface area (Å²) in [4.78, 5) is 16.5. The number of thioether (sulfide) groups is 1. The monoisotopic (exact) mass is 656 g/mol. The number of carbonyl (C=O) groups is 1. The third-order valence-corrected chi connectivity index (χ3v) is 8.83. The number of hydrogen-bond donors (Lipinski definition) is 2. The molecule has 3 aromatic carbocycles. The third kappa shape index (κ3) is 8.31. The number of alkyl halides is 3. The van der Waals surface area contributed by atoms with E-state index in [9.17, 15) is 9.90 Å². The lowest BCUT2D eigenvalue weighted by Crippen LogP contribution is -2.38. The van der Waals surface area contributed by atoms with Crippen LogP contribution in [0.25, 0.3) is 11.1 Å². The van der Waals surface area contributed by atoms with Crippen LogP contribution >= 0.6 is 46.6 Å². The lowest BCUT2D eigenvalue weighted by Gasteiger charge is -2.41. The van der Waals surface area contributed by atoms with E-state index in [1.54, 1.807) is 18.0 Å². The topological polar surface area (TPSA) is 80.7 Å². The van der Waals surface area contributed by atoms with Crippen molar-refractivity contribution in [1.29, 1.82) is 0 Å². The van der Waals surface area contributed by atoms with Gasteiger partial charge in [-0.25, -0.2) is 4.98 Å². The van der Waals surface area contributed by atoms with Gasteiger partial charge in [-0.05, 0) is 52.1 Å². The zero-order valence-electron chi connectivity index (χ0n) is 23.3. The van der Waals surface area contributed by atoms with E-state index in [0.717, 1.165) is 38.4 Å². The fourth-order valence-electron chi connectivity index (χ4n) is 4.92. The van der Waals surface area contributed by atoms with Crippen molar-refractivity contribution in [3.05, 3.63) is 119 Å². The molecule has 2 heterocycles. The largest absolute Gasteiger partial charge is 0.392 e. The van der Waals surface area contributed by atoms with Crippen LogP contribution < -0.4 is 5.32 Å². The first-order chi connectivity index (χ1) is 20.7. The number of nitrogens with zero attached hydrogens (tertiary/aromatic N) is 1. The maximum absolute atomic E-state index is 12.0. The van der Waals surface area contributed by atoms with Gasteiger partial charge in [0.2, 0.25) is 0 Å². The van der Waals surface area contributed by atoms with Crippen LogP contribution in [0.5, 0.6) is 0 Å². The van der Waals surface area contributed by atoms with E-state index in [1.165, 1.54) is 0 Å². The molecule has 1 saturated heterocycles. The van der Waals surface area contributed by atoms with Crippen molar-refractivity contribution in [2.24, 2.45) is 5.92 Å². The van der Waals surface area contributed by atoms with Gasteiger partial charge < -0.3 is 19.9 Å². The molecule has 0 spiro atoms. The van der Waals surface area contributed by atoms with E-state index in [1.807, 2.05) is 84.9 Å². The number of amides is 1. The Kier molecular flexibility index (Phi) is 10.7. The van der Waals surface area contributed by atoms with E-state index >= 15 is 0 Å². The van der Waals surface area contributed by atoms with Gasteiger partial charge in [-0.15, -0.1) is 11.8 Å². The van der Waals surface area contributed by atoms with Gasteiger partial charge in [-0.1, -0.05) is 108 Å². The zero-order chi connectivity index (χ0) is 30.4. The molecule has 6 nitrogen and oxygen atoms in total. The molecule has 0 saturated carbocycles. The van der Waals surface area contributed by atoms with Crippen molar-refractivity contribution in [3.63, 3.8) is 0 Å². The molecule has 1 fully saturated rings. The molecule has 5 rings (SSSR count). The number of aliphatic hydroxyl groups is 1. The standard InChI is InChI=1S/C33H31Cl3N2O4S/c1-21-28(20-43-29-10-2-3-15-37-29)41-31(42-30(21)24-13-11-22(19-39)12-14-24)27-9-5-8-26(17-27)25-7-4-6-23(16-25)18-38-32(40)33(34,35)36/h2-17,21,28,30-31,39H,18-20H2,1H3,(H,38,40)/t21-,28+,30+,31+/m0/s1. The summed E-state index contributed by atoms with van der Waals surface area (Å²) in [6.07, 6.45) is 0.871. The second-order valence-electron chi connectivity index (χ2n) is 10.3. The fraction of sp³-hybridized carbons (Fsp3) is 0.273. The lowest BCUT2D eigenvalue weighted by molar-refractivity contribution is -0.268. The maximum Gasteiger partial charge on any atom is 0.272 e. The second kappa shape index (κ2) is 14.4. The summed E-state index contributed by atoms with van der Waals surface area (Å²) >= 11 is 18.7. The van der Waals surface area contributed by atoms with Crippen LogP contribution in [0, 0.1) is 5.92 Å². The molecule has 1 aliphatic heterocycles. The number of carbonyl (C=O) groups excluding carboxylic acids is 1. The molecule has 2 N–H and O–H groups in total. The summed E-state index contributed by atoms with van der Waals surface area (Å²) in [6.45, 7) is 2.36. The van der Waals surface area contributed by atoms with Crippen molar-refractivity contribution in [3.8, 4) is 11.1 Å². The average Bonchev–Trinajstić information content (AvgIpc) is 3.03. The second-order valence-corrected chi connectivity index (χ2v) is 13.6. The van der Waals surface area contributed by atoms with E-state index in [0.29, 0.717) is 5.75 Å². The smallest absolute Gasteiger partial charge is 0.272 e. The minimum atomic E-state index is -2.02. The molecular weight excluding hydrogens is 627 g/mol. The summed E-state index contributed by atoms with van der Waals surface area (Å²) in [5.41, 5.74) is 5.58. The van der Waals surface area contributed by atoms with Gasteiger partial charge in [0.1, 0.15) is 0 Å².